The van der Waals surface area contributed by atoms with E-state index in [1.54, 1.807) is 7.05 Å². The summed E-state index contributed by atoms with van der Waals surface area (Å²) in [5, 5.41) is 0.538. The number of aromatic nitrogens is 4. The van der Waals surface area contributed by atoms with Crippen molar-refractivity contribution in [2.75, 3.05) is 17.2 Å². The molecule has 174 valence electrons. The summed E-state index contributed by atoms with van der Waals surface area (Å²) in [5.74, 6) is 0.179. The number of hydrogen-bond acceptors (Lipinski definition) is 5. The molecule has 3 heterocycles. The van der Waals surface area contributed by atoms with Gasteiger partial charge in [0.2, 0.25) is 5.91 Å². The molecule has 0 saturated carbocycles. The summed E-state index contributed by atoms with van der Waals surface area (Å²) in [4.78, 5) is 45.2. The molecule has 2 aromatic heterocycles. The Bertz CT molecular complexity index is 1500. The Morgan fingerprint density at radius 1 is 1.00 bits per heavy atom. The Morgan fingerprint density at radius 2 is 1.74 bits per heavy atom. The van der Waals surface area contributed by atoms with Crippen LogP contribution in [0.25, 0.3) is 11.2 Å². The lowest BCUT2D eigenvalue weighted by Gasteiger charge is -2.29. The van der Waals surface area contributed by atoms with Crippen molar-refractivity contribution < 1.29 is 4.79 Å². The van der Waals surface area contributed by atoms with Crippen molar-refractivity contribution in [2.45, 2.75) is 24.5 Å². The molecule has 34 heavy (non-hydrogen) atoms. The van der Waals surface area contributed by atoms with Crippen LogP contribution in [0.4, 0.5) is 5.69 Å². The first kappa shape index (κ1) is 22.2. The van der Waals surface area contributed by atoms with E-state index in [1.165, 1.54) is 28.9 Å². The van der Waals surface area contributed by atoms with Crippen LogP contribution >= 0.6 is 11.8 Å². The topological polar surface area (TPSA) is 82.1 Å². The van der Waals surface area contributed by atoms with Gasteiger partial charge in [-0.2, -0.15) is 0 Å². The number of carbonyl (C=O) groups is 1. The minimum atomic E-state index is -0.431. The average Bonchev–Trinajstić information content (AvgIpc) is 3.23. The van der Waals surface area contributed by atoms with Crippen molar-refractivity contribution in [3.8, 4) is 0 Å². The van der Waals surface area contributed by atoms with Crippen LogP contribution in [0, 0.1) is 0 Å². The molecule has 0 unspecified atom stereocenters. The minimum absolute atomic E-state index is 0.00254. The molecule has 0 saturated heterocycles. The molecular formula is C25H25N5O3S. The molecule has 5 rings (SSSR count). The summed E-state index contributed by atoms with van der Waals surface area (Å²) in [6.45, 7) is 1.10. The van der Waals surface area contributed by atoms with Gasteiger partial charge in [0.25, 0.3) is 5.56 Å². The van der Waals surface area contributed by atoms with Gasteiger partial charge in [-0.15, -0.1) is 0 Å². The van der Waals surface area contributed by atoms with Gasteiger partial charge in [0.05, 0.1) is 12.3 Å². The molecule has 0 aliphatic carbocycles. The normalized spacial score (nSPS) is 13.3. The van der Waals surface area contributed by atoms with Gasteiger partial charge in [-0.05, 0) is 30.0 Å². The fourth-order valence-corrected chi connectivity index (χ4v) is 5.32. The van der Waals surface area contributed by atoms with E-state index in [0.29, 0.717) is 29.4 Å². The lowest BCUT2D eigenvalue weighted by Crippen LogP contribution is -2.37. The van der Waals surface area contributed by atoms with Gasteiger partial charge >= 0.3 is 5.69 Å². The number of aryl methyl sites for hydroxylation is 2. The van der Waals surface area contributed by atoms with Crippen molar-refractivity contribution in [3.63, 3.8) is 0 Å². The molecule has 1 aliphatic heterocycles. The third-order valence-corrected chi connectivity index (χ3v) is 7.19. The Balaban J connectivity index is 1.52. The van der Waals surface area contributed by atoms with E-state index in [-0.39, 0.29) is 11.7 Å². The Morgan fingerprint density at radius 3 is 2.53 bits per heavy atom. The van der Waals surface area contributed by atoms with E-state index in [0.717, 1.165) is 28.7 Å². The van der Waals surface area contributed by atoms with Crippen molar-refractivity contribution in [2.24, 2.45) is 14.1 Å². The van der Waals surface area contributed by atoms with E-state index < -0.39 is 11.2 Å². The maximum absolute atomic E-state index is 13.2. The van der Waals surface area contributed by atoms with Gasteiger partial charge < -0.3 is 9.47 Å². The molecule has 2 aromatic carbocycles. The molecule has 0 bridgehead atoms. The van der Waals surface area contributed by atoms with Crippen molar-refractivity contribution in [1.29, 1.82) is 0 Å². The highest BCUT2D eigenvalue weighted by molar-refractivity contribution is 7.99. The summed E-state index contributed by atoms with van der Waals surface area (Å²) in [5.41, 5.74) is 2.99. The maximum Gasteiger partial charge on any atom is 0.332 e. The Labute approximate surface area is 200 Å². The van der Waals surface area contributed by atoms with Gasteiger partial charge in [-0.25, -0.2) is 9.78 Å². The molecule has 0 spiro atoms. The maximum atomic E-state index is 13.2. The number of hydrogen-bond donors (Lipinski definition) is 0. The lowest BCUT2D eigenvalue weighted by atomic mass is 10.0. The molecule has 8 nitrogen and oxygen atoms in total. The van der Waals surface area contributed by atoms with E-state index in [1.807, 2.05) is 58.0 Å². The van der Waals surface area contributed by atoms with E-state index in [9.17, 15) is 14.4 Å². The molecule has 1 amide bonds. The van der Waals surface area contributed by atoms with Gasteiger partial charge in [-0.1, -0.05) is 60.3 Å². The third kappa shape index (κ3) is 3.86. The average molecular weight is 476 g/mol. The molecule has 4 aromatic rings. The van der Waals surface area contributed by atoms with Crippen LogP contribution in [0.5, 0.6) is 0 Å². The summed E-state index contributed by atoms with van der Waals surface area (Å²) in [7, 11) is 3.07. The van der Waals surface area contributed by atoms with Gasteiger partial charge in [-0.3, -0.25) is 18.7 Å². The van der Waals surface area contributed by atoms with Gasteiger partial charge in [0, 0.05) is 26.3 Å². The van der Waals surface area contributed by atoms with Crippen LogP contribution in [-0.2, 0) is 31.9 Å². The highest BCUT2D eigenvalue weighted by Gasteiger charge is 2.24. The number of thioether (sulfide) groups is 1. The molecule has 0 radical (unpaired) electrons. The van der Waals surface area contributed by atoms with Gasteiger partial charge in [0.1, 0.15) is 0 Å². The standard InChI is InChI=1S/C25H25N5O3S/c1-27-22-21(23(32)28(2)25(27)33)30(15-17-9-4-3-5-10-17)24(26-22)34-16-20(31)29-14-8-12-18-11-6-7-13-19(18)29/h3-7,9-11,13H,8,12,14-16H2,1-2H3. The minimum Gasteiger partial charge on any atom is -0.311 e. The molecule has 0 N–H and O–H groups in total. The quantitative estimate of drug-likeness (QED) is 0.415. The summed E-state index contributed by atoms with van der Waals surface area (Å²) in [6.07, 6.45) is 1.90. The van der Waals surface area contributed by atoms with Crippen LogP contribution in [0.1, 0.15) is 17.5 Å². The number of benzene rings is 2. The third-order valence-electron chi connectivity index (χ3n) is 6.23. The number of anilines is 1. The summed E-state index contributed by atoms with van der Waals surface area (Å²) >= 11 is 1.29. The number of amides is 1. The highest BCUT2D eigenvalue weighted by atomic mass is 32.2. The smallest absolute Gasteiger partial charge is 0.311 e. The van der Waals surface area contributed by atoms with Crippen molar-refractivity contribution in [3.05, 3.63) is 86.6 Å². The predicted molar refractivity (Wildman–Crippen MR) is 134 cm³/mol. The van der Waals surface area contributed by atoms with Crippen molar-refractivity contribution >= 4 is 34.5 Å². The first-order chi connectivity index (χ1) is 16.5. The summed E-state index contributed by atoms with van der Waals surface area (Å²) in [6, 6.07) is 17.8. The second kappa shape index (κ2) is 8.98. The highest BCUT2D eigenvalue weighted by Crippen LogP contribution is 2.29. The zero-order valence-corrected chi connectivity index (χ0v) is 19.9. The monoisotopic (exact) mass is 475 g/mol. The Kier molecular flexibility index (Phi) is 5.87. The predicted octanol–water partition coefficient (Wildman–Crippen LogP) is 2.55. The van der Waals surface area contributed by atoms with Crippen LogP contribution in [-0.4, -0.2) is 36.9 Å². The lowest BCUT2D eigenvalue weighted by molar-refractivity contribution is -0.116. The SMILES string of the molecule is Cn1c(=O)c2c(nc(SCC(=O)N3CCCc4ccccc43)n2Cc2ccccc2)n(C)c1=O. The largest absolute Gasteiger partial charge is 0.332 e. The molecule has 1 aliphatic rings. The first-order valence-corrected chi connectivity index (χ1v) is 12.2. The fourth-order valence-electron chi connectivity index (χ4n) is 4.45. The number of carbonyl (C=O) groups excluding carboxylic acids is 1. The van der Waals surface area contributed by atoms with Crippen LogP contribution < -0.4 is 16.1 Å². The molecule has 9 heteroatoms. The number of para-hydroxylation sites is 1. The second-order valence-electron chi connectivity index (χ2n) is 8.41. The summed E-state index contributed by atoms with van der Waals surface area (Å²) < 4.78 is 4.29. The van der Waals surface area contributed by atoms with Crippen LogP contribution in [0.15, 0.2) is 69.3 Å². The number of rotatable bonds is 5. The number of imidazole rings is 1. The molecule has 0 atom stereocenters. The number of fused-ring (bicyclic) bond motifs is 2. The van der Waals surface area contributed by atoms with Crippen molar-refractivity contribution in [1.82, 2.24) is 18.7 Å². The zero-order valence-electron chi connectivity index (χ0n) is 19.1. The fraction of sp³-hybridized carbons (Fsp3) is 0.280. The van der Waals surface area contributed by atoms with Gasteiger partial charge in [0.15, 0.2) is 16.3 Å². The van der Waals surface area contributed by atoms with E-state index in [4.69, 9.17) is 0 Å². The molecule has 0 fully saturated rings. The van der Waals surface area contributed by atoms with Crippen LogP contribution in [0.2, 0.25) is 0 Å². The van der Waals surface area contributed by atoms with Crippen LogP contribution in [0.3, 0.4) is 0 Å². The zero-order chi connectivity index (χ0) is 23.8. The van der Waals surface area contributed by atoms with E-state index in [2.05, 4.69) is 11.1 Å². The second-order valence-corrected chi connectivity index (χ2v) is 9.35. The van der Waals surface area contributed by atoms with E-state index >= 15 is 0 Å². The molecular weight excluding hydrogens is 450 g/mol. The number of nitrogens with zero attached hydrogens (tertiary/aromatic N) is 5. The first-order valence-electron chi connectivity index (χ1n) is 11.2. The Hall–Kier alpha value is -3.59.